The van der Waals surface area contributed by atoms with E-state index in [4.69, 9.17) is 0 Å². The van der Waals surface area contributed by atoms with Crippen molar-refractivity contribution in [3.63, 3.8) is 0 Å². The number of amides is 1. The fraction of sp³-hybridized carbons (Fsp3) is 0.278. The molecule has 3 nitrogen and oxygen atoms in total. The summed E-state index contributed by atoms with van der Waals surface area (Å²) in [5.41, 5.74) is 3.37. The Morgan fingerprint density at radius 1 is 1.32 bits per heavy atom. The number of rotatable bonds is 3. The Labute approximate surface area is 129 Å². The fourth-order valence-electron chi connectivity index (χ4n) is 2.97. The largest absolute Gasteiger partial charge is 0.374 e. The smallest absolute Gasteiger partial charge is 0.246 e. The lowest BCUT2D eigenvalue weighted by Crippen LogP contribution is -2.39. The average Bonchev–Trinajstić information content (AvgIpc) is 2.82. The lowest BCUT2D eigenvalue weighted by molar-refractivity contribution is -0.117. The van der Waals surface area contributed by atoms with Gasteiger partial charge in [0, 0.05) is 11.7 Å². The monoisotopic (exact) mass is 298 g/mol. The number of benzene rings is 2. The van der Waals surface area contributed by atoms with E-state index in [0.717, 1.165) is 17.7 Å². The van der Waals surface area contributed by atoms with Crippen LogP contribution in [0.5, 0.6) is 0 Å². The molecule has 1 heterocycles. The van der Waals surface area contributed by atoms with Crippen LogP contribution in [0.3, 0.4) is 0 Å². The number of nitrogens with zero attached hydrogens (tertiary/aromatic N) is 1. The third-order valence-corrected chi connectivity index (χ3v) is 4.03. The zero-order chi connectivity index (χ0) is 15.7. The quantitative estimate of drug-likeness (QED) is 0.940. The van der Waals surface area contributed by atoms with Crippen molar-refractivity contribution in [3.05, 3.63) is 59.4 Å². The number of anilines is 2. The first-order valence-electron chi connectivity index (χ1n) is 7.46. The second kappa shape index (κ2) is 5.79. The van der Waals surface area contributed by atoms with Gasteiger partial charge in [-0.3, -0.25) is 4.79 Å². The van der Waals surface area contributed by atoms with Crippen molar-refractivity contribution in [2.45, 2.75) is 26.3 Å². The highest BCUT2D eigenvalue weighted by atomic mass is 19.1. The number of carbonyl (C=O) groups is 1. The maximum atomic E-state index is 13.8. The first-order valence-corrected chi connectivity index (χ1v) is 7.46. The molecule has 22 heavy (non-hydrogen) atoms. The molecule has 1 N–H and O–H groups in total. The first kappa shape index (κ1) is 14.6. The van der Waals surface area contributed by atoms with Crippen LogP contribution in [0, 0.1) is 12.7 Å². The first-order chi connectivity index (χ1) is 10.6. The van der Waals surface area contributed by atoms with Crippen LogP contribution >= 0.6 is 0 Å². The van der Waals surface area contributed by atoms with Gasteiger partial charge in [0.2, 0.25) is 5.91 Å². The van der Waals surface area contributed by atoms with Crippen LogP contribution in [0.25, 0.3) is 0 Å². The van der Waals surface area contributed by atoms with E-state index in [1.165, 1.54) is 11.6 Å². The number of hydrogen-bond donors (Lipinski definition) is 1. The molecular weight excluding hydrogens is 279 g/mol. The zero-order valence-corrected chi connectivity index (χ0v) is 12.8. The van der Waals surface area contributed by atoms with Gasteiger partial charge in [-0.1, -0.05) is 24.3 Å². The molecule has 114 valence electrons. The average molecular weight is 298 g/mol. The van der Waals surface area contributed by atoms with Crippen LogP contribution in [0.15, 0.2) is 42.5 Å². The molecule has 2 aromatic rings. The van der Waals surface area contributed by atoms with Crippen LogP contribution in [0.4, 0.5) is 15.8 Å². The van der Waals surface area contributed by atoms with Crippen molar-refractivity contribution in [3.8, 4) is 0 Å². The van der Waals surface area contributed by atoms with Gasteiger partial charge in [-0.2, -0.15) is 0 Å². The predicted octanol–water partition coefficient (Wildman–Crippen LogP) is 3.52. The van der Waals surface area contributed by atoms with Gasteiger partial charge in [0.25, 0.3) is 0 Å². The summed E-state index contributed by atoms with van der Waals surface area (Å²) in [7, 11) is 0. The highest BCUT2D eigenvalue weighted by Crippen LogP contribution is 2.31. The van der Waals surface area contributed by atoms with Gasteiger partial charge in [-0.25, -0.2) is 4.39 Å². The van der Waals surface area contributed by atoms with Gasteiger partial charge in [0.1, 0.15) is 5.82 Å². The molecule has 0 saturated carbocycles. The highest BCUT2D eigenvalue weighted by Gasteiger charge is 2.30. The number of aryl methyl sites for hydroxylation is 1. The minimum Gasteiger partial charge on any atom is -0.374 e. The number of nitrogens with one attached hydrogen (secondary N) is 1. The summed E-state index contributed by atoms with van der Waals surface area (Å²) < 4.78 is 13.8. The summed E-state index contributed by atoms with van der Waals surface area (Å²) in [4.78, 5) is 14.3. The molecule has 0 unspecified atom stereocenters. The molecule has 0 bridgehead atoms. The van der Waals surface area contributed by atoms with E-state index in [2.05, 4.69) is 5.32 Å². The van der Waals surface area contributed by atoms with Gasteiger partial charge in [0.05, 0.1) is 12.2 Å². The lowest BCUT2D eigenvalue weighted by atomic mass is 10.1. The molecule has 4 heteroatoms. The second-order valence-corrected chi connectivity index (χ2v) is 5.78. The fourth-order valence-corrected chi connectivity index (χ4v) is 2.97. The molecule has 0 saturated heterocycles. The molecule has 1 aliphatic heterocycles. The maximum Gasteiger partial charge on any atom is 0.246 e. The molecule has 1 aliphatic rings. The zero-order valence-electron chi connectivity index (χ0n) is 12.8. The summed E-state index contributed by atoms with van der Waals surface area (Å²) in [6, 6.07) is 13.0. The van der Waals surface area contributed by atoms with Gasteiger partial charge >= 0.3 is 0 Å². The molecule has 0 fully saturated rings. The predicted molar refractivity (Wildman–Crippen MR) is 86.7 cm³/mol. The van der Waals surface area contributed by atoms with Gasteiger partial charge in [-0.05, 0) is 49.6 Å². The summed E-state index contributed by atoms with van der Waals surface area (Å²) >= 11 is 0. The van der Waals surface area contributed by atoms with E-state index in [-0.39, 0.29) is 24.3 Å². The summed E-state index contributed by atoms with van der Waals surface area (Å²) in [5, 5.41) is 2.90. The molecular formula is C18H19FN2O. The molecule has 0 radical (unpaired) electrons. The minimum atomic E-state index is -0.331. The topological polar surface area (TPSA) is 32.3 Å². The Balaban J connectivity index is 1.72. The van der Waals surface area contributed by atoms with Crippen molar-refractivity contribution < 1.29 is 9.18 Å². The SMILES string of the molecule is Cc1ccc(NCC(=O)N2c3ccccc3C[C@@H]2C)c(F)c1. The van der Waals surface area contributed by atoms with Gasteiger partial charge in [-0.15, -0.1) is 0 Å². The van der Waals surface area contributed by atoms with Crippen LogP contribution in [-0.2, 0) is 11.2 Å². The normalized spacial score (nSPS) is 16.5. The van der Waals surface area contributed by atoms with Crippen molar-refractivity contribution in [2.75, 3.05) is 16.8 Å². The Hall–Kier alpha value is -2.36. The van der Waals surface area contributed by atoms with Crippen molar-refractivity contribution in [1.82, 2.24) is 0 Å². The maximum absolute atomic E-state index is 13.8. The second-order valence-electron chi connectivity index (χ2n) is 5.78. The molecule has 0 aliphatic carbocycles. The highest BCUT2D eigenvalue weighted by molar-refractivity contribution is 5.98. The van der Waals surface area contributed by atoms with Crippen molar-refractivity contribution in [1.29, 1.82) is 0 Å². The number of fused-ring (bicyclic) bond motifs is 1. The summed E-state index contributed by atoms with van der Waals surface area (Å²) in [5.74, 6) is -0.375. The van der Waals surface area contributed by atoms with E-state index in [1.807, 2.05) is 44.2 Å². The third-order valence-electron chi connectivity index (χ3n) is 4.03. The van der Waals surface area contributed by atoms with E-state index < -0.39 is 0 Å². The van der Waals surface area contributed by atoms with Crippen molar-refractivity contribution >= 4 is 17.3 Å². The standard InChI is InChI=1S/C18H19FN2O/c1-12-7-8-16(15(19)9-12)20-11-18(22)21-13(2)10-14-5-3-4-6-17(14)21/h3-9,13,20H,10-11H2,1-2H3/t13-/m0/s1. The molecule has 0 spiro atoms. The van der Waals surface area contributed by atoms with Crippen molar-refractivity contribution in [2.24, 2.45) is 0 Å². The van der Waals surface area contributed by atoms with E-state index in [1.54, 1.807) is 11.0 Å². The Bertz CT molecular complexity index is 714. The summed E-state index contributed by atoms with van der Waals surface area (Å²) in [6.07, 6.45) is 0.862. The van der Waals surface area contributed by atoms with Crippen LogP contribution in [-0.4, -0.2) is 18.5 Å². The number of halogens is 1. The van der Waals surface area contributed by atoms with E-state index in [9.17, 15) is 9.18 Å². The molecule has 1 amide bonds. The van der Waals surface area contributed by atoms with Gasteiger partial charge in [0.15, 0.2) is 0 Å². The molecule has 1 atom stereocenters. The number of para-hydroxylation sites is 1. The number of carbonyl (C=O) groups excluding carboxylic acids is 1. The molecule has 3 rings (SSSR count). The van der Waals surface area contributed by atoms with Gasteiger partial charge < -0.3 is 10.2 Å². The van der Waals surface area contributed by atoms with Crippen LogP contribution < -0.4 is 10.2 Å². The number of hydrogen-bond acceptors (Lipinski definition) is 2. The van der Waals surface area contributed by atoms with Crippen LogP contribution in [0.2, 0.25) is 0 Å². The Kier molecular flexibility index (Phi) is 3.84. The molecule has 0 aromatic heterocycles. The Morgan fingerprint density at radius 2 is 2.09 bits per heavy atom. The summed E-state index contributed by atoms with van der Waals surface area (Å²) in [6.45, 7) is 3.95. The molecule has 2 aromatic carbocycles. The third kappa shape index (κ3) is 2.69. The minimum absolute atomic E-state index is 0.0441. The van der Waals surface area contributed by atoms with E-state index in [0.29, 0.717) is 5.69 Å². The van der Waals surface area contributed by atoms with Crippen LogP contribution in [0.1, 0.15) is 18.1 Å². The lowest BCUT2D eigenvalue weighted by Gasteiger charge is -2.23. The Morgan fingerprint density at radius 3 is 2.86 bits per heavy atom. The van der Waals surface area contributed by atoms with E-state index >= 15 is 0 Å².